The molecule has 0 fully saturated rings. The van der Waals surface area contributed by atoms with Crippen LogP contribution in [-0.4, -0.2) is 14.5 Å². The Morgan fingerprint density at radius 1 is 0.475 bits per heavy atom. The topological polar surface area (TPSA) is 43.2 Å². The van der Waals surface area contributed by atoms with Crippen molar-refractivity contribution in [1.29, 1.82) is 0 Å². The van der Waals surface area contributed by atoms with Crippen molar-refractivity contribution in [3.8, 4) is 50.8 Å². The molecule has 5 nitrogen and oxygen atoms in total. The highest BCUT2D eigenvalue weighted by atomic mass is 16.5. The Balaban J connectivity index is 1.01. The summed E-state index contributed by atoms with van der Waals surface area (Å²) in [5.74, 6) is 2.61. The Bertz CT molecular complexity index is 3380. The molecule has 1 aliphatic carbocycles. The summed E-state index contributed by atoms with van der Waals surface area (Å²) in [6.07, 6.45) is 9.47. The second kappa shape index (κ2) is 14.4. The summed E-state index contributed by atoms with van der Waals surface area (Å²) in [6.45, 7) is 0. The fourth-order valence-corrected chi connectivity index (χ4v) is 9.15. The monoisotopic (exact) mass is 782 g/mol. The van der Waals surface area contributed by atoms with E-state index < -0.39 is 0 Å². The number of benzene rings is 8. The molecule has 0 spiro atoms. The van der Waals surface area contributed by atoms with Crippen LogP contribution in [0.4, 0.5) is 17.1 Å². The third-order valence-corrected chi connectivity index (χ3v) is 12.1. The van der Waals surface area contributed by atoms with E-state index in [2.05, 4.69) is 204 Å². The van der Waals surface area contributed by atoms with E-state index in [0.29, 0.717) is 0 Å². The number of nitrogens with zero attached hydrogens (tertiary/aromatic N) is 4. The van der Waals surface area contributed by atoms with Crippen LogP contribution >= 0.6 is 0 Å². The van der Waals surface area contributed by atoms with Crippen molar-refractivity contribution in [1.82, 2.24) is 14.5 Å². The molecule has 0 N–H and O–H groups in total. The summed E-state index contributed by atoms with van der Waals surface area (Å²) in [4.78, 5) is 12.6. The first kappa shape index (κ1) is 35.0. The van der Waals surface area contributed by atoms with E-state index in [1.807, 2.05) is 18.2 Å². The molecule has 8 aromatic carbocycles. The van der Waals surface area contributed by atoms with Gasteiger partial charge in [0.1, 0.15) is 5.82 Å². The van der Waals surface area contributed by atoms with E-state index in [4.69, 9.17) is 14.7 Å². The van der Waals surface area contributed by atoms with Gasteiger partial charge in [0.25, 0.3) is 0 Å². The van der Waals surface area contributed by atoms with Gasteiger partial charge in [-0.3, -0.25) is 0 Å². The van der Waals surface area contributed by atoms with Crippen LogP contribution in [0.1, 0.15) is 18.2 Å². The highest BCUT2D eigenvalue weighted by molar-refractivity contribution is 6.22. The molecule has 0 bridgehead atoms. The van der Waals surface area contributed by atoms with Gasteiger partial charge >= 0.3 is 0 Å². The Morgan fingerprint density at radius 2 is 1.18 bits per heavy atom. The molecular formula is C56H38N4O. The zero-order chi connectivity index (χ0) is 40.3. The van der Waals surface area contributed by atoms with Gasteiger partial charge in [-0.05, 0) is 101 Å². The average Bonchev–Trinajstić information content (AvgIpc) is 3.68. The van der Waals surface area contributed by atoms with Gasteiger partial charge in [0.15, 0.2) is 11.5 Å². The molecule has 2 aromatic heterocycles. The second-order valence-corrected chi connectivity index (χ2v) is 15.7. The zero-order valence-corrected chi connectivity index (χ0v) is 33.2. The van der Waals surface area contributed by atoms with Gasteiger partial charge in [0.2, 0.25) is 0 Å². The molecule has 61 heavy (non-hydrogen) atoms. The molecule has 2 aliphatic rings. The summed E-state index contributed by atoms with van der Waals surface area (Å²) < 4.78 is 9.04. The van der Waals surface area contributed by atoms with Gasteiger partial charge in [-0.15, -0.1) is 0 Å². The van der Waals surface area contributed by atoms with Crippen molar-refractivity contribution in [3.63, 3.8) is 0 Å². The largest absolute Gasteiger partial charge is 0.453 e. The maximum absolute atomic E-state index is 6.63. The Hall–Kier alpha value is -8.02. The Kier molecular flexibility index (Phi) is 8.23. The molecule has 10 aromatic rings. The minimum atomic E-state index is 0.121. The van der Waals surface area contributed by atoms with Crippen LogP contribution in [0, 0.1) is 0 Å². The van der Waals surface area contributed by atoms with Gasteiger partial charge in [0, 0.05) is 39.2 Å². The van der Waals surface area contributed by atoms with E-state index in [1.54, 1.807) is 0 Å². The van der Waals surface area contributed by atoms with Crippen LogP contribution in [0.5, 0.6) is 11.5 Å². The molecule has 0 radical (unpaired) electrons. The number of ether oxygens (including phenoxy) is 1. The van der Waals surface area contributed by atoms with E-state index in [-0.39, 0.29) is 5.92 Å². The van der Waals surface area contributed by atoms with Crippen molar-refractivity contribution in [2.75, 3.05) is 4.90 Å². The SMILES string of the molecule is C1=CCC(c2nc(-c3ccccc3)cc(-c3cccc(-n4c5ccc(-c6ccc7c(c6)Oc6ccccc6N7c6ccccc6)cc5c5c6ccccc6ccc54)c3)n2)C=C1. The number of aromatic nitrogens is 3. The molecule has 1 unspecified atom stereocenters. The number of anilines is 3. The molecule has 3 heterocycles. The molecule has 0 saturated heterocycles. The lowest BCUT2D eigenvalue weighted by Crippen LogP contribution is -2.15. The van der Waals surface area contributed by atoms with Gasteiger partial charge in [0.05, 0.1) is 33.8 Å². The lowest BCUT2D eigenvalue weighted by atomic mass is 9.99. The molecule has 1 atom stereocenters. The number of para-hydroxylation sites is 3. The van der Waals surface area contributed by atoms with E-state index in [1.165, 1.54) is 21.5 Å². The number of hydrogen-bond donors (Lipinski definition) is 0. The molecule has 0 saturated carbocycles. The zero-order valence-electron chi connectivity index (χ0n) is 33.2. The van der Waals surface area contributed by atoms with Crippen LogP contribution in [0.15, 0.2) is 212 Å². The van der Waals surface area contributed by atoms with Crippen molar-refractivity contribution in [3.05, 3.63) is 218 Å². The number of hydrogen-bond acceptors (Lipinski definition) is 4. The number of rotatable bonds is 6. The van der Waals surface area contributed by atoms with E-state index in [9.17, 15) is 0 Å². The standard InChI is InChI=1S/C56H38N4O/c1-4-16-38(17-5-1)47-36-48(58-56(57-47)39-18-6-2-7-19-39)42-20-14-23-44(33-42)60-49-30-28-40(34-46(49)55-45-24-11-10-15-37(45)27-32-52(55)60)41-29-31-51-54(35-41)61-53-26-13-12-25-50(53)59(51)43-21-8-3-9-22-43/h1-18,20-36,39H,19H2. The fraction of sp³-hybridized carbons (Fsp3) is 0.0357. The first-order valence-electron chi connectivity index (χ1n) is 20.8. The lowest BCUT2D eigenvalue weighted by Gasteiger charge is -2.33. The third-order valence-electron chi connectivity index (χ3n) is 12.1. The van der Waals surface area contributed by atoms with Crippen LogP contribution in [-0.2, 0) is 0 Å². The van der Waals surface area contributed by atoms with Gasteiger partial charge in [-0.25, -0.2) is 9.97 Å². The summed E-state index contributed by atoms with van der Waals surface area (Å²) in [6, 6.07) is 66.7. The minimum absolute atomic E-state index is 0.121. The molecule has 1 aliphatic heterocycles. The van der Waals surface area contributed by atoms with Gasteiger partial charge < -0.3 is 14.2 Å². The quantitative estimate of drug-likeness (QED) is 0.168. The van der Waals surface area contributed by atoms with Crippen LogP contribution in [0.3, 0.4) is 0 Å². The average molecular weight is 783 g/mol. The van der Waals surface area contributed by atoms with Crippen LogP contribution < -0.4 is 9.64 Å². The Labute approximate surface area is 353 Å². The summed E-state index contributed by atoms with van der Waals surface area (Å²) in [5, 5.41) is 4.86. The van der Waals surface area contributed by atoms with Crippen molar-refractivity contribution in [2.45, 2.75) is 12.3 Å². The molecule has 5 heteroatoms. The van der Waals surface area contributed by atoms with Crippen LogP contribution in [0.2, 0.25) is 0 Å². The molecule has 288 valence electrons. The molecular weight excluding hydrogens is 745 g/mol. The molecule has 0 amide bonds. The first-order valence-corrected chi connectivity index (χ1v) is 20.8. The minimum Gasteiger partial charge on any atom is -0.453 e. The first-order chi connectivity index (χ1) is 30.2. The maximum Gasteiger partial charge on any atom is 0.152 e. The highest BCUT2D eigenvalue weighted by Crippen LogP contribution is 2.51. The van der Waals surface area contributed by atoms with Crippen molar-refractivity contribution in [2.24, 2.45) is 0 Å². The lowest BCUT2D eigenvalue weighted by molar-refractivity contribution is 0.477. The summed E-state index contributed by atoms with van der Waals surface area (Å²) >= 11 is 0. The summed E-state index contributed by atoms with van der Waals surface area (Å²) in [7, 11) is 0. The Morgan fingerprint density at radius 3 is 2.05 bits per heavy atom. The van der Waals surface area contributed by atoms with E-state index >= 15 is 0 Å². The fourth-order valence-electron chi connectivity index (χ4n) is 9.15. The predicted octanol–water partition coefficient (Wildman–Crippen LogP) is 14.9. The van der Waals surface area contributed by atoms with Gasteiger partial charge in [-0.1, -0.05) is 140 Å². The number of fused-ring (bicyclic) bond motifs is 7. The molecule has 12 rings (SSSR count). The van der Waals surface area contributed by atoms with Crippen molar-refractivity contribution >= 4 is 49.6 Å². The van der Waals surface area contributed by atoms with Gasteiger partial charge in [-0.2, -0.15) is 0 Å². The smallest absolute Gasteiger partial charge is 0.152 e. The maximum atomic E-state index is 6.63. The van der Waals surface area contributed by atoms with Crippen LogP contribution in [0.25, 0.3) is 71.9 Å². The summed E-state index contributed by atoms with van der Waals surface area (Å²) in [5.41, 5.74) is 12.7. The highest BCUT2D eigenvalue weighted by Gasteiger charge is 2.26. The predicted molar refractivity (Wildman–Crippen MR) is 251 cm³/mol. The number of allylic oxidation sites excluding steroid dienone is 4. The normalized spacial score (nSPS) is 14.3. The second-order valence-electron chi connectivity index (χ2n) is 15.7. The third kappa shape index (κ3) is 6.01. The van der Waals surface area contributed by atoms with Crippen molar-refractivity contribution < 1.29 is 4.74 Å². The van der Waals surface area contributed by atoms with E-state index in [0.717, 1.165) is 91.2 Å².